The van der Waals surface area contributed by atoms with Crippen LogP contribution in [-0.2, 0) is 13.6 Å². The fourth-order valence-electron chi connectivity index (χ4n) is 1.79. The Kier molecular flexibility index (Phi) is 3.32. The zero-order valence-corrected chi connectivity index (χ0v) is 10.4. The van der Waals surface area contributed by atoms with Crippen molar-refractivity contribution in [2.45, 2.75) is 6.54 Å². The molecule has 0 amide bonds. The quantitative estimate of drug-likeness (QED) is 0.746. The van der Waals surface area contributed by atoms with Crippen molar-refractivity contribution in [2.24, 2.45) is 7.05 Å². The highest BCUT2D eigenvalue weighted by Crippen LogP contribution is 2.27. The van der Waals surface area contributed by atoms with E-state index in [1.54, 1.807) is 14.2 Å². The monoisotopic (exact) mass is 233 g/mol. The Labute approximate surface area is 101 Å². The van der Waals surface area contributed by atoms with Crippen LogP contribution in [0.1, 0.15) is 5.56 Å². The third-order valence-corrected chi connectivity index (χ3v) is 2.64. The molecule has 0 unspecified atom stereocenters. The van der Waals surface area contributed by atoms with E-state index in [0.29, 0.717) is 0 Å². The van der Waals surface area contributed by atoms with Gasteiger partial charge < -0.3 is 9.47 Å². The number of ether oxygens (including phenoxy) is 2. The van der Waals surface area contributed by atoms with Gasteiger partial charge in [0.15, 0.2) is 11.5 Å². The summed E-state index contributed by atoms with van der Waals surface area (Å²) in [5.41, 5.74) is 1.18. The van der Waals surface area contributed by atoms with Crippen LogP contribution in [0.15, 0.2) is 36.9 Å². The average Bonchev–Trinajstić information content (AvgIpc) is 2.74. The fraction of sp³-hybridized carbons (Fsp3) is 0.308. The second kappa shape index (κ2) is 4.91. The first kappa shape index (κ1) is 11.5. The number of hydrogen-bond donors (Lipinski definition) is 0. The molecule has 0 aliphatic rings. The maximum Gasteiger partial charge on any atom is 0.243 e. The molecule has 17 heavy (non-hydrogen) atoms. The maximum atomic E-state index is 5.28. The van der Waals surface area contributed by atoms with Crippen molar-refractivity contribution in [1.29, 1.82) is 0 Å². The van der Waals surface area contributed by atoms with Gasteiger partial charge in [-0.2, -0.15) is 0 Å². The van der Waals surface area contributed by atoms with E-state index in [2.05, 4.69) is 4.57 Å². The minimum Gasteiger partial charge on any atom is -0.493 e. The Bertz CT molecular complexity index is 506. The van der Waals surface area contributed by atoms with Crippen LogP contribution in [-0.4, -0.2) is 18.8 Å². The topological polar surface area (TPSA) is 27.3 Å². The lowest BCUT2D eigenvalue weighted by Gasteiger charge is -2.08. The Morgan fingerprint density at radius 3 is 2.53 bits per heavy atom. The Hall–Kier alpha value is -1.97. The summed E-state index contributed by atoms with van der Waals surface area (Å²) in [5.74, 6) is 1.52. The fourth-order valence-corrected chi connectivity index (χ4v) is 1.79. The van der Waals surface area contributed by atoms with E-state index < -0.39 is 0 Å². The molecule has 2 rings (SSSR count). The third kappa shape index (κ3) is 2.58. The van der Waals surface area contributed by atoms with E-state index in [1.807, 2.05) is 48.5 Å². The van der Waals surface area contributed by atoms with Crippen LogP contribution in [0.5, 0.6) is 11.5 Å². The highest BCUT2D eigenvalue weighted by molar-refractivity contribution is 5.42. The van der Waals surface area contributed by atoms with Crippen molar-refractivity contribution in [3.63, 3.8) is 0 Å². The summed E-state index contributed by atoms with van der Waals surface area (Å²) in [4.78, 5) is 0. The average molecular weight is 233 g/mol. The van der Waals surface area contributed by atoms with E-state index in [9.17, 15) is 0 Å². The molecule has 4 nitrogen and oxygen atoms in total. The van der Waals surface area contributed by atoms with Gasteiger partial charge in [0, 0.05) is 0 Å². The number of imidazole rings is 1. The number of aromatic nitrogens is 2. The van der Waals surface area contributed by atoms with Gasteiger partial charge in [0.05, 0.1) is 21.3 Å². The largest absolute Gasteiger partial charge is 0.493 e. The molecule has 0 atom stereocenters. The molecule has 0 fully saturated rings. The molecular weight excluding hydrogens is 216 g/mol. The molecule has 0 bridgehead atoms. The normalized spacial score (nSPS) is 10.3. The number of benzene rings is 1. The van der Waals surface area contributed by atoms with Gasteiger partial charge in [-0.15, -0.1) is 0 Å². The van der Waals surface area contributed by atoms with Gasteiger partial charge in [0.2, 0.25) is 6.33 Å². The number of nitrogens with zero attached hydrogens (tertiary/aromatic N) is 2. The van der Waals surface area contributed by atoms with E-state index >= 15 is 0 Å². The summed E-state index contributed by atoms with van der Waals surface area (Å²) in [6, 6.07) is 5.97. The predicted octanol–water partition coefficient (Wildman–Crippen LogP) is 1.38. The van der Waals surface area contributed by atoms with Gasteiger partial charge in [0.1, 0.15) is 18.9 Å². The zero-order chi connectivity index (χ0) is 12.3. The highest BCUT2D eigenvalue weighted by atomic mass is 16.5. The number of methoxy groups -OCH3 is 2. The first-order valence-corrected chi connectivity index (χ1v) is 5.45. The number of rotatable bonds is 4. The molecule has 90 valence electrons. The van der Waals surface area contributed by atoms with Crippen molar-refractivity contribution in [3.8, 4) is 11.5 Å². The van der Waals surface area contributed by atoms with Gasteiger partial charge in [-0.3, -0.25) is 0 Å². The molecule has 0 spiro atoms. The molecule has 0 N–H and O–H groups in total. The van der Waals surface area contributed by atoms with Crippen LogP contribution in [0.4, 0.5) is 0 Å². The van der Waals surface area contributed by atoms with E-state index in [0.717, 1.165) is 18.0 Å². The molecule has 4 heteroatoms. The number of hydrogen-bond acceptors (Lipinski definition) is 2. The van der Waals surface area contributed by atoms with Crippen LogP contribution >= 0.6 is 0 Å². The predicted molar refractivity (Wildman–Crippen MR) is 64.3 cm³/mol. The summed E-state index contributed by atoms with van der Waals surface area (Å²) in [6.45, 7) is 0.821. The summed E-state index contributed by atoms with van der Waals surface area (Å²) in [6.07, 6.45) is 6.09. The van der Waals surface area contributed by atoms with Crippen molar-refractivity contribution in [1.82, 2.24) is 4.57 Å². The van der Waals surface area contributed by atoms with Gasteiger partial charge >= 0.3 is 0 Å². The third-order valence-electron chi connectivity index (χ3n) is 2.64. The Morgan fingerprint density at radius 1 is 1.18 bits per heavy atom. The molecule has 0 aliphatic carbocycles. The van der Waals surface area contributed by atoms with E-state index in [4.69, 9.17) is 9.47 Å². The molecule has 0 radical (unpaired) electrons. The first-order valence-electron chi connectivity index (χ1n) is 5.45. The molecule has 0 saturated carbocycles. The highest BCUT2D eigenvalue weighted by Gasteiger charge is 2.07. The Morgan fingerprint density at radius 2 is 1.94 bits per heavy atom. The molecule has 1 aromatic carbocycles. The summed E-state index contributed by atoms with van der Waals surface area (Å²) in [7, 11) is 5.30. The summed E-state index contributed by atoms with van der Waals surface area (Å²) >= 11 is 0. The van der Waals surface area contributed by atoms with Crippen LogP contribution in [0, 0.1) is 0 Å². The molecule has 0 saturated heterocycles. The summed E-state index contributed by atoms with van der Waals surface area (Å²) in [5, 5.41) is 0. The van der Waals surface area contributed by atoms with E-state index in [1.165, 1.54) is 5.56 Å². The van der Waals surface area contributed by atoms with Crippen LogP contribution in [0.3, 0.4) is 0 Å². The molecule has 1 aromatic heterocycles. The molecule has 2 aromatic rings. The first-order chi connectivity index (χ1) is 8.22. The van der Waals surface area contributed by atoms with Crippen LogP contribution in [0.25, 0.3) is 0 Å². The molecular formula is C13H17N2O2+. The van der Waals surface area contributed by atoms with E-state index in [-0.39, 0.29) is 0 Å². The van der Waals surface area contributed by atoms with Gasteiger partial charge in [-0.1, -0.05) is 6.07 Å². The van der Waals surface area contributed by atoms with Crippen LogP contribution in [0.2, 0.25) is 0 Å². The standard InChI is InChI=1S/C13H17N2O2/c1-14-6-7-15(10-14)9-11-4-5-12(16-2)13(8-11)17-3/h4-8,10H,9H2,1-3H3/q+1. The molecule has 1 heterocycles. The lowest BCUT2D eigenvalue weighted by Crippen LogP contribution is -2.31. The lowest BCUT2D eigenvalue weighted by atomic mass is 10.2. The summed E-state index contributed by atoms with van der Waals surface area (Å²) < 4.78 is 14.6. The smallest absolute Gasteiger partial charge is 0.243 e. The second-order valence-electron chi connectivity index (χ2n) is 3.94. The number of aryl methyl sites for hydroxylation is 1. The lowest BCUT2D eigenvalue weighted by molar-refractivity contribution is -0.687. The van der Waals surface area contributed by atoms with Crippen molar-refractivity contribution in [3.05, 3.63) is 42.5 Å². The van der Waals surface area contributed by atoms with Crippen molar-refractivity contribution >= 4 is 0 Å². The SMILES string of the molecule is COc1ccc(C[n+]2ccn(C)c2)cc1OC. The van der Waals surface area contributed by atoms with Crippen LogP contribution < -0.4 is 14.0 Å². The maximum absolute atomic E-state index is 5.28. The molecule has 0 aliphatic heterocycles. The zero-order valence-electron chi connectivity index (χ0n) is 10.4. The Balaban J connectivity index is 2.22. The minimum absolute atomic E-state index is 0.759. The van der Waals surface area contributed by atoms with Gasteiger partial charge in [0.25, 0.3) is 0 Å². The van der Waals surface area contributed by atoms with Gasteiger partial charge in [-0.05, 0) is 17.7 Å². The second-order valence-corrected chi connectivity index (χ2v) is 3.94. The minimum atomic E-state index is 0.759. The van der Waals surface area contributed by atoms with Gasteiger partial charge in [-0.25, -0.2) is 9.13 Å². The van der Waals surface area contributed by atoms with Crippen molar-refractivity contribution < 1.29 is 14.0 Å². The van der Waals surface area contributed by atoms with Crippen molar-refractivity contribution in [2.75, 3.05) is 14.2 Å².